The number of carbonyl (C=O) groups excluding carboxylic acids is 1. The van der Waals surface area contributed by atoms with Crippen molar-refractivity contribution in [1.82, 2.24) is 4.98 Å². The first-order chi connectivity index (χ1) is 9.51. The summed E-state index contributed by atoms with van der Waals surface area (Å²) in [6, 6.07) is 1.36. The number of fused-ring (bicyclic) bond motifs is 1. The number of pyridine rings is 1. The fourth-order valence-corrected chi connectivity index (χ4v) is 2.42. The number of nitrogens with zero attached hydrogens (tertiary/aromatic N) is 1. The van der Waals surface area contributed by atoms with Crippen LogP contribution in [0.15, 0.2) is 12.3 Å². The molecule has 0 aliphatic carbocycles. The zero-order valence-corrected chi connectivity index (χ0v) is 12.3. The quantitative estimate of drug-likeness (QED) is 0.689. The van der Waals surface area contributed by atoms with Crippen LogP contribution in [0.5, 0.6) is 0 Å². The van der Waals surface area contributed by atoms with Gasteiger partial charge in [0.15, 0.2) is 5.82 Å². The number of ether oxygens (including phenoxy) is 1. The van der Waals surface area contributed by atoms with E-state index in [-0.39, 0.29) is 22.2 Å². The molecular formula is C13H11Cl2FN2O2. The van der Waals surface area contributed by atoms with Crippen molar-refractivity contribution in [3.8, 4) is 0 Å². The summed E-state index contributed by atoms with van der Waals surface area (Å²) in [5, 5.41) is 2.81. The Morgan fingerprint density at radius 2 is 2.20 bits per heavy atom. The van der Waals surface area contributed by atoms with E-state index in [9.17, 15) is 9.18 Å². The van der Waals surface area contributed by atoms with Crippen molar-refractivity contribution in [3.05, 3.63) is 33.7 Å². The van der Waals surface area contributed by atoms with Gasteiger partial charge in [-0.2, -0.15) is 0 Å². The molecule has 0 saturated heterocycles. The number of halogens is 3. The largest absolute Gasteiger partial charge is 0.462 e. The van der Waals surface area contributed by atoms with Crippen molar-refractivity contribution in [1.29, 1.82) is 0 Å². The number of nitrogens with one attached hydrogen (secondary N) is 1. The monoisotopic (exact) mass is 316 g/mol. The summed E-state index contributed by atoms with van der Waals surface area (Å²) in [4.78, 5) is 15.9. The Kier molecular flexibility index (Phi) is 4.30. The van der Waals surface area contributed by atoms with E-state index >= 15 is 0 Å². The van der Waals surface area contributed by atoms with E-state index in [0.29, 0.717) is 16.6 Å². The molecule has 1 heterocycles. The molecule has 0 bridgehead atoms. The third-order valence-corrected chi connectivity index (χ3v) is 3.37. The molecule has 0 atom stereocenters. The summed E-state index contributed by atoms with van der Waals surface area (Å²) in [7, 11) is 1.60. The molecule has 4 nitrogen and oxygen atoms in total. The summed E-state index contributed by atoms with van der Waals surface area (Å²) < 4.78 is 18.8. The van der Waals surface area contributed by atoms with Gasteiger partial charge in [0.2, 0.25) is 0 Å². The zero-order valence-electron chi connectivity index (χ0n) is 10.8. The molecule has 20 heavy (non-hydrogen) atoms. The third-order valence-electron chi connectivity index (χ3n) is 2.74. The molecule has 0 spiro atoms. The highest BCUT2D eigenvalue weighted by Crippen LogP contribution is 2.37. The molecular weight excluding hydrogens is 306 g/mol. The number of aromatic nitrogens is 1. The van der Waals surface area contributed by atoms with Crippen LogP contribution in [0.4, 0.5) is 10.1 Å². The lowest BCUT2D eigenvalue weighted by Gasteiger charge is -2.13. The third kappa shape index (κ3) is 2.39. The predicted molar refractivity (Wildman–Crippen MR) is 77.2 cm³/mol. The van der Waals surface area contributed by atoms with Gasteiger partial charge in [-0.05, 0) is 13.0 Å². The highest BCUT2D eigenvalue weighted by molar-refractivity contribution is 6.40. The lowest BCUT2D eigenvalue weighted by molar-refractivity contribution is 0.0527. The van der Waals surface area contributed by atoms with E-state index in [2.05, 4.69) is 10.3 Å². The second-order valence-electron chi connectivity index (χ2n) is 3.90. The van der Waals surface area contributed by atoms with Crippen LogP contribution in [0.2, 0.25) is 10.0 Å². The van der Waals surface area contributed by atoms with Crippen molar-refractivity contribution in [3.63, 3.8) is 0 Å². The fraction of sp³-hybridized carbons (Fsp3) is 0.231. The van der Waals surface area contributed by atoms with Gasteiger partial charge >= 0.3 is 5.97 Å². The van der Waals surface area contributed by atoms with Gasteiger partial charge in [-0.3, -0.25) is 4.98 Å². The molecule has 106 valence electrons. The van der Waals surface area contributed by atoms with Crippen molar-refractivity contribution in [2.24, 2.45) is 0 Å². The van der Waals surface area contributed by atoms with Crippen molar-refractivity contribution in [2.45, 2.75) is 6.92 Å². The van der Waals surface area contributed by atoms with Crippen LogP contribution in [0, 0.1) is 5.82 Å². The molecule has 2 rings (SSSR count). The van der Waals surface area contributed by atoms with Gasteiger partial charge in [-0.15, -0.1) is 0 Å². The number of hydrogen-bond donors (Lipinski definition) is 1. The topological polar surface area (TPSA) is 51.2 Å². The average molecular weight is 317 g/mol. The Balaban J connectivity index is 2.79. The summed E-state index contributed by atoms with van der Waals surface area (Å²) in [6.07, 6.45) is 1.34. The Bertz CT molecular complexity index is 692. The minimum Gasteiger partial charge on any atom is -0.462 e. The smallest absolute Gasteiger partial charge is 0.341 e. The number of benzene rings is 1. The fourth-order valence-electron chi connectivity index (χ4n) is 1.88. The van der Waals surface area contributed by atoms with Gasteiger partial charge in [0, 0.05) is 18.6 Å². The molecule has 2 aromatic rings. The standard InChI is InChI=1S/C13H11Cl2FN2O2/c1-3-20-13(19)6-5-18-8-4-7(14)11(16)10(15)9(8)12(6)17-2/h4-5H,3H2,1-2H3,(H,17,18). The van der Waals surface area contributed by atoms with Gasteiger partial charge in [0.1, 0.15) is 5.56 Å². The first kappa shape index (κ1) is 14.8. The first-order valence-electron chi connectivity index (χ1n) is 5.82. The van der Waals surface area contributed by atoms with Crippen LogP contribution >= 0.6 is 23.2 Å². The van der Waals surface area contributed by atoms with Gasteiger partial charge in [-0.1, -0.05) is 23.2 Å². The van der Waals surface area contributed by atoms with Gasteiger partial charge in [0.25, 0.3) is 0 Å². The zero-order chi connectivity index (χ0) is 14.9. The Morgan fingerprint density at radius 3 is 2.80 bits per heavy atom. The maximum absolute atomic E-state index is 13.8. The van der Waals surface area contributed by atoms with E-state index in [0.717, 1.165) is 0 Å². The summed E-state index contributed by atoms with van der Waals surface area (Å²) in [5.74, 6) is -1.31. The van der Waals surface area contributed by atoms with E-state index < -0.39 is 11.8 Å². The van der Waals surface area contributed by atoms with Crippen LogP contribution in [0.3, 0.4) is 0 Å². The molecule has 1 aromatic heterocycles. The minimum atomic E-state index is -0.750. The van der Waals surface area contributed by atoms with E-state index in [1.165, 1.54) is 12.3 Å². The number of anilines is 1. The van der Waals surface area contributed by atoms with Gasteiger partial charge in [0.05, 0.1) is 27.9 Å². The number of hydrogen-bond acceptors (Lipinski definition) is 4. The van der Waals surface area contributed by atoms with Crippen molar-refractivity contribution < 1.29 is 13.9 Å². The van der Waals surface area contributed by atoms with Crippen molar-refractivity contribution >= 4 is 45.8 Å². The Hall–Kier alpha value is -1.59. The molecule has 0 aliphatic rings. The minimum absolute atomic E-state index is 0.124. The summed E-state index contributed by atoms with van der Waals surface area (Å²) in [6.45, 7) is 1.92. The van der Waals surface area contributed by atoms with E-state index in [1.807, 2.05) is 0 Å². The molecule has 7 heteroatoms. The van der Waals surface area contributed by atoms with Crippen molar-refractivity contribution in [2.75, 3.05) is 19.0 Å². The molecule has 0 radical (unpaired) electrons. The highest BCUT2D eigenvalue weighted by Gasteiger charge is 2.20. The SMILES string of the molecule is CCOC(=O)c1cnc2cc(Cl)c(F)c(Cl)c2c1NC. The molecule has 0 unspecified atom stereocenters. The van der Waals surface area contributed by atoms with Crippen LogP contribution in [-0.4, -0.2) is 24.6 Å². The highest BCUT2D eigenvalue weighted by atomic mass is 35.5. The lowest BCUT2D eigenvalue weighted by atomic mass is 10.1. The number of rotatable bonds is 3. The maximum atomic E-state index is 13.8. The summed E-state index contributed by atoms with van der Waals surface area (Å²) >= 11 is 11.7. The van der Waals surface area contributed by atoms with Gasteiger partial charge in [-0.25, -0.2) is 9.18 Å². The van der Waals surface area contributed by atoms with E-state index in [4.69, 9.17) is 27.9 Å². The average Bonchev–Trinajstić information content (AvgIpc) is 2.43. The molecule has 0 amide bonds. The predicted octanol–water partition coefficient (Wildman–Crippen LogP) is 3.90. The summed E-state index contributed by atoms with van der Waals surface area (Å²) in [5.41, 5.74) is 0.929. The van der Waals surface area contributed by atoms with Gasteiger partial charge < -0.3 is 10.1 Å². The molecule has 1 N–H and O–H groups in total. The Morgan fingerprint density at radius 1 is 1.50 bits per heavy atom. The second-order valence-corrected chi connectivity index (χ2v) is 4.68. The number of esters is 1. The molecule has 0 saturated carbocycles. The van der Waals surface area contributed by atoms with Crippen LogP contribution in [-0.2, 0) is 4.74 Å². The Labute approximate surface area is 124 Å². The first-order valence-corrected chi connectivity index (χ1v) is 6.57. The lowest BCUT2D eigenvalue weighted by Crippen LogP contribution is -2.09. The molecule has 0 aliphatic heterocycles. The van der Waals surface area contributed by atoms with E-state index in [1.54, 1.807) is 14.0 Å². The maximum Gasteiger partial charge on any atom is 0.341 e. The van der Waals surface area contributed by atoms with Crippen LogP contribution < -0.4 is 5.32 Å². The van der Waals surface area contributed by atoms with Crippen LogP contribution in [0.1, 0.15) is 17.3 Å². The second kappa shape index (κ2) is 5.81. The molecule has 0 fully saturated rings. The molecule has 1 aromatic carbocycles. The number of carbonyl (C=O) groups is 1. The normalized spacial score (nSPS) is 10.7. The van der Waals surface area contributed by atoms with Crippen LogP contribution in [0.25, 0.3) is 10.9 Å².